The van der Waals surface area contributed by atoms with Crippen molar-refractivity contribution in [2.75, 3.05) is 5.73 Å². The van der Waals surface area contributed by atoms with E-state index in [2.05, 4.69) is 0 Å². The van der Waals surface area contributed by atoms with Crippen LogP contribution >= 0.6 is 0 Å². The molecule has 0 aromatic heterocycles. The molecule has 1 aliphatic rings. The molecule has 0 radical (unpaired) electrons. The molecule has 0 amide bonds. The molecular weight excluding hydrogens is 272 g/mol. The molecule has 0 bridgehead atoms. The van der Waals surface area contributed by atoms with Gasteiger partial charge in [-0.25, -0.2) is 8.42 Å². The van der Waals surface area contributed by atoms with Crippen LogP contribution in [0.3, 0.4) is 0 Å². The summed E-state index contributed by atoms with van der Waals surface area (Å²) in [5, 5.41) is 0. The molecule has 2 aromatic carbocycles. The Kier molecular flexibility index (Phi) is 3.03. The van der Waals surface area contributed by atoms with Crippen molar-refractivity contribution in [3.05, 3.63) is 59.2 Å². The van der Waals surface area contributed by atoms with E-state index in [1.54, 1.807) is 12.1 Å². The molecule has 1 aliphatic heterocycles. The summed E-state index contributed by atoms with van der Waals surface area (Å²) in [6, 6.07) is 12.7. The summed E-state index contributed by atoms with van der Waals surface area (Å²) < 4.78 is 26.8. The molecule has 4 nitrogen and oxygen atoms in total. The first-order valence-electron chi connectivity index (χ1n) is 6.41. The largest absolute Gasteiger partial charge is 0.399 e. The van der Waals surface area contributed by atoms with Gasteiger partial charge in [0, 0.05) is 18.8 Å². The van der Waals surface area contributed by atoms with Crippen LogP contribution in [0.15, 0.2) is 47.4 Å². The van der Waals surface area contributed by atoms with Crippen LogP contribution in [-0.2, 0) is 23.1 Å². The summed E-state index contributed by atoms with van der Waals surface area (Å²) in [5.41, 5.74) is 9.21. The minimum Gasteiger partial charge on any atom is -0.399 e. The Morgan fingerprint density at radius 1 is 1.05 bits per heavy atom. The zero-order valence-electron chi connectivity index (χ0n) is 11.2. The number of nitrogens with two attached hydrogens (primary N) is 1. The van der Waals surface area contributed by atoms with Crippen LogP contribution in [0, 0.1) is 6.92 Å². The third-order valence-electron chi connectivity index (χ3n) is 3.52. The van der Waals surface area contributed by atoms with E-state index in [4.69, 9.17) is 5.73 Å². The zero-order valence-corrected chi connectivity index (χ0v) is 12.0. The Morgan fingerprint density at radius 3 is 2.20 bits per heavy atom. The van der Waals surface area contributed by atoms with E-state index in [1.807, 2.05) is 31.2 Å². The predicted molar refractivity (Wildman–Crippen MR) is 78.5 cm³/mol. The van der Waals surface area contributed by atoms with Crippen LogP contribution < -0.4 is 5.73 Å². The third kappa shape index (κ3) is 2.19. The number of hydrogen-bond acceptors (Lipinski definition) is 3. The predicted octanol–water partition coefficient (Wildman–Crippen LogP) is 2.28. The summed E-state index contributed by atoms with van der Waals surface area (Å²) >= 11 is 0. The lowest BCUT2D eigenvalue weighted by molar-refractivity contribution is 0.431. The number of rotatable bonds is 2. The van der Waals surface area contributed by atoms with Crippen molar-refractivity contribution in [3.63, 3.8) is 0 Å². The number of hydrogen-bond donors (Lipinski definition) is 1. The van der Waals surface area contributed by atoms with E-state index in [1.165, 1.54) is 10.4 Å². The highest BCUT2D eigenvalue weighted by Crippen LogP contribution is 2.29. The number of nitrogen functional groups attached to an aromatic ring is 1. The van der Waals surface area contributed by atoms with E-state index in [0.717, 1.165) is 16.7 Å². The molecule has 1 heterocycles. The second kappa shape index (κ2) is 4.61. The van der Waals surface area contributed by atoms with Crippen LogP contribution in [0.25, 0.3) is 0 Å². The maximum absolute atomic E-state index is 12.7. The van der Waals surface area contributed by atoms with Crippen molar-refractivity contribution in [1.29, 1.82) is 0 Å². The van der Waals surface area contributed by atoms with E-state index < -0.39 is 10.0 Å². The highest BCUT2D eigenvalue weighted by molar-refractivity contribution is 7.89. The van der Waals surface area contributed by atoms with Crippen molar-refractivity contribution in [1.82, 2.24) is 4.31 Å². The molecule has 0 spiro atoms. The fourth-order valence-corrected chi connectivity index (χ4v) is 4.08. The molecule has 20 heavy (non-hydrogen) atoms. The van der Waals surface area contributed by atoms with E-state index in [9.17, 15) is 8.42 Å². The quantitative estimate of drug-likeness (QED) is 0.862. The summed E-state index contributed by atoms with van der Waals surface area (Å²) in [7, 11) is -3.50. The van der Waals surface area contributed by atoms with Gasteiger partial charge in [-0.05, 0) is 41.8 Å². The first-order chi connectivity index (χ1) is 9.46. The minimum atomic E-state index is -3.50. The van der Waals surface area contributed by atoms with E-state index >= 15 is 0 Å². The molecule has 2 aromatic rings. The molecule has 0 unspecified atom stereocenters. The number of anilines is 1. The molecule has 0 aliphatic carbocycles. The van der Waals surface area contributed by atoms with Crippen molar-refractivity contribution in [2.45, 2.75) is 24.9 Å². The Morgan fingerprint density at radius 2 is 1.65 bits per heavy atom. The number of fused-ring (bicyclic) bond motifs is 1. The first kappa shape index (κ1) is 13.1. The maximum atomic E-state index is 12.7. The molecule has 3 rings (SSSR count). The van der Waals surface area contributed by atoms with E-state index in [-0.39, 0.29) is 4.90 Å². The number of benzene rings is 2. The van der Waals surface area contributed by atoms with Gasteiger partial charge in [0.15, 0.2) is 0 Å². The topological polar surface area (TPSA) is 63.4 Å². The first-order valence-corrected chi connectivity index (χ1v) is 7.85. The summed E-state index contributed by atoms with van der Waals surface area (Å²) in [4.78, 5) is 0.266. The van der Waals surface area contributed by atoms with Gasteiger partial charge in [0.2, 0.25) is 10.0 Å². The summed E-state index contributed by atoms with van der Waals surface area (Å²) in [5.74, 6) is 0. The van der Waals surface area contributed by atoms with Gasteiger partial charge in [-0.2, -0.15) is 4.31 Å². The summed E-state index contributed by atoms with van der Waals surface area (Å²) in [6.07, 6.45) is 0. The second-order valence-electron chi connectivity index (χ2n) is 5.12. The third-order valence-corrected chi connectivity index (χ3v) is 5.29. The molecule has 0 atom stereocenters. The number of sulfonamides is 1. The van der Waals surface area contributed by atoms with Crippen LogP contribution in [0.1, 0.15) is 16.7 Å². The Hall–Kier alpha value is -1.85. The van der Waals surface area contributed by atoms with Gasteiger partial charge in [-0.3, -0.25) is 0 Å². The highest BCUT2D eigenvalue weighted by Gasteiger charge is 2.30. The van der Waals surface area contributed by atoms with Crippen LogP contribution in [0.4, 0.5) is 5.69 Å². The summed E-state index contributed by atoms with van der Waals surface area (Å²) in [6.45, 7) is 2.69. The minimum absolute atomic E-state index is 0.266. The van der Waals surface area contributed by atoms with Gasteiger partial charge in [0.1, 0.15) is 0 Å². The van der Waals surface area contributed by atoms with Gasteiger partial charge >= 0.3 is 0 Å². The molecule has 0 saturated heterocycles. The number of aryl methyl sites for hydroxylation is 1. The van der Waals surface area contributed by atoms with Crippen LogP contribution in [0.2, 0.25) is 0 Å². The Bertz CT molecular complexity index is 724. The van der Waals surface area contributed by atoms with Gasteiger partial charge in [-0.1, -0.05) is 24.3 Å². The second-order valence-corrected chi connectivity index (χ2v) is 7.06. The van der Waals surface area contributed by atoms with Crippen LogP contribution in [-0.4, -0.2) is 12.7 Å². The molecular formula is C15H16N2O2S. The zero-order chi connectivity index (χ0) is 14.3. The molecule has 0 saturated carbocycles. The SMILES string of the molecule is Cc1cc(N)cc(S(=O)(=O)N2Cc3ccccc3C2)c1. The smallest absolute Gasteiger partial charge is 0.243 e. The maximum Gasteiger partial charge on any atom is 0.243 e. The standard InChI is InChI=1S/C15H16N2O2S/c1-11-6-14(16)8-15(7-11)20(18,19)17-9-12-4-2-3-5-13(12)10-17/h2-8H,9-10,16H2,1H3. The lowest BCUT2D eigenvalue weighted by Crippen LogP contribution is -2.25. The molecule has 5 heteroatoms. The van der Waals surface area contributed by atoms with E-state index in [0.29, 0.717) is 18.8 Å². The average Bonchev–Trinajstić information content (AvgIpc) is 2.82. The normalized spacial score (nSPS) is 15.2. The lowest BCUT2D eigenvalue weighted by atomic mass is 10.1. The molecule has 2 N–H and O–H groups in total. The fourth-order valence-electron chi connectivity index (χ4n) is 2.55. The van der Waals surface area contributed by atoms with Gasteiger partial charge in [0.25, 0.3) is 0 Å². The lowest BCUT2D eigenvalue weighted by Gasteiger charge is -2.16. The van der Waals surface area contributed by atoms with Crippen molar-refractivity contribution in [3.8, 4) is 0 Å². The van der Waals surface area contributed by atoms with Gasteiger partial charge < -0.3 is 5.73 Å². The Labute approximate surface area is 118 Å². The van der Waals surface area contributed by atoms with Crippen LogP contribution in [0.5, 0.6) is 0 Å². The Balaban J connectivity index is 1.98. The van der Waals surface area contributed by atoms with Gasteiger partial charge in [0.05, 0.1) is 4.90 Å². The van der Waals surface area contributed by atoms with Crippen molar-refractivity contribution < 1.29 is 8.42 Å². The average molecular weight is 288 g/mol. The molecule has 0 fully saturated rings. The van der Waals surface area contributed by atoms with Crippen molar-refractivity contribution >= 4 is 15.7 Å². The number of nitrogens with zero attached hydrogens (tertiary/aromatic N) is 1. The fraction of sp³-hybridized carbons (Fsp3) is 0.200. The monoisotopic (exact) mass is 288 g/mol. The van der Waals surface area contributed by atoms with Crippen molar-refractivity contribution in [2.24, 2.45) is 0 Å². The molecule has 104 valence electrons. The highest BCUT2D eigenvalue weighted by atomic mass is 32.2. The van der Waals surface area contributed by atoms with Gasteiger partial charge in [-0.15, -0.1) is 0 Å².